The van der Waals surface area contributed by atoms with E-state index in [1.165, 1.54) is 0 Å². The van der Waals surface area contributed by atoms with E-state index in [-0.39, 0.29) is 5.92 Å². The number of benzene rings is 1. The minimum absolute atomic E-state index is 0.230. The topological polar surface area (TPSA) is 97.5 Å². The quantitative estimate of drug-likeness (QED) is 0.750. The van der Waals surface area contributed by atoms with E-state index in [1.807, 2.05) is 49.0 Å². The number of aromatic nitrogens is 4. The van der Waals surface area contributed by atoms with Gasteiger partial charge < -0.3 is 15.6 Å². The molecule has 4 rings (SSSR count). The average Bonchev–Trinajstić information content (AvgIpc) is 3.23. The highest BCUT2D eigenvalue weighted by Gasteiger charge is 2.33. The summed E-state index contributed by atoms with van der Waals surface area (Å²) in [6.07, 6.45) is 5.38. The van der Waals surface area contributed by atoms with Gasteiger partial charge in [-0.3, -0.25) is 4.68 Å². The van der Waals surface area contributed by atoms with Crippen molar-refractivity contribution in [2.45, 2.75) is 12.8 Å². The third kappa shape index (κ3) is 2.27. The van der Waals surface area contributed by atoms with Crippen LogP contribution in [0.1, 0.15) is 22.7 Å². The molecule has 3 heterocycles. The molecule has 0 radical (unpaired) electrons. The molecule has 7 heteroatoms. The van der Waals surface area contributed by atoms with E-state index in [9.17, 15) is 5.26 Å². The molecular weight excluding hydrogens is 314 g/mol. The number of rotatable bonds is 2. The molecule has 1 aromatic carbocycles. The number of nitrogens with zero attached hydrogens (tertiary/aromatic N) is 5. The number of nitrogens with one attached hydrogen (secondary N) is 1. The molecule has 0 fully saturated rings. The second-order valence-electron chi connectivity index (χ2n) is 6.03. The minimum Gasteiger partial charge on any atom is -0.384 e. The van der Waals surface area contributed by atoms with Crippen LogP contribution in [0.4, 0.5) is 5.82 Å². The monoisotopic (exact) mass is 331 g/mol. The van der Waals surface area contributed by atoms with E-state index in [1.54, 1.807) is 17.2 Å². The van der Waals surface area contributed by atoms with Gasteiger partial charge in [0.25, 0.3) is 0 Å². The van der Waals surface area contributed by atoms with E-state index in [0.717, 1.165) is 28.3 Å². The standard InChI is InChI=1S/C18H17N7/c1-11-15-16(14(9-19)17(20)22-18(15)24(2)23-11)12-3-5-13(6-4-12)25-8-7-21-10-25/h3-8,10,16,22H,20H2,1-2H3. The van der Waals surface area contributed by atoms with Crippen LogP contribution in [-0.4, -0.2) is 19.3 Å². The Kier molecular flexibility index (Phi) is 3.32. The normalized spacial score (nSPS) is 16.3. The number of aryl methyl sites for hydroxylation is 2. The Morgan fingerprint density at radius 3 is 2.68 bits per heavy atom. The van der Waals surface area contributed by atoms with Gasteiger partial charge in [0.05, 0.1) is 29.6 Å². The van der Waals surface area contributed by atoms with E-state index in [0.29, 0.717) is 11.4 Å². The molecule has 0 saturated carbocycles. The fourth-order valence-corrected chi connectivity index (χ4v) is 3.37. The summed E-state index contributed by atoms with van der Waals surface area (Å²) in [5.41, 5.74) is 10.5. The first kappa shape index (κ1) is 15.0. The lowest BCUT2D eigenvalue weighted by molar-refractivity contribution is 0.761. The molecule has 0 amide bonds. The van der Waals surface area contributed by atoms with Crippen LogP contribution in [0.2, 0.25) is 0 Å². The summed E-state index contributed by atoms with van der Waals surface area (Å²) in [4.78, 5) is 4.07. The summed E-state index contributed by atoms with van der Waals surface area (Å²) < 4.78 is 3.70. The number of nitrogens with two attached hydrogens (primary N) is 1. The fraction of sp³-hybridized carbons (Fsp3) is 0.167. The highest BCUT2D eigenvalue weighted by Crippen LogP contribution is 2.42. The Morgan fingerprint density at radius 1 is 1.28 bits per heavy atom. The van der Waals surface area contributed by atoms with Gasteiger partial charge in [0.15, 0.2) is 0 Å². The number of nitriles is 1. The van der Waals surface area contributed by atoms with E-state index < -0.39 is 0 Å². The zero-order chi connectivity index (χ0) is 17.6. The Bertz CT molecular complexity index is 1000. The number of anilines is 1. The van der Waals surface area contributed by atoms with Crippen LogP contribution in [0.3, 0.4) is 0 Å². The molecule has 25 heavy (non-hydrogen) atoms. The van der Waals surface area contributed by atoms with Gasteiger partial charge in [-0.15, -0.1) is 0 Å². The SMILES string of the molecule is Cc1nn(C)c2c1C(c1ccc(-n3ccnc3)cc1)C(C#N)=C(N)N2. The van der Waals surface area contributed by atoms with Gasteiger partial charge >= 0.3 is 0 Å². The first-order chi connectivity index (χ1) is 12.1. The molecule has 1 aliphatic heterocycles. The molecule has 3 aromatic rings. The van der Waals surface area contributed by atoms with E-state index in [2.05, 4.69) is 21.5 Å². The molecule has 0 spiro atoms. The maximum absolute atomic E-state index is 9.65. The van der Waals surface area contributed by atoms with Crippen molar-refractivity contribution in [3.8, 4) is 11.8 Å². The maximum atomic E-state index is 9.65. The molecule has 0 bridgehead atoms. The van der Waals surface area contributed by atoms with Crippen molar-refractivity contribution in [3.05, 3.63) is 71.2 Å². The molecule has 2 aromatic heterocycles. The molecule has 0 aliphatic carbocycles. The van der Waals surface area contributed by atoms with Crippen LogP contribution in [0.25, 0.3) is 5.69 Å². The summed E-state index contributed by atoms with van der Waals surface area (Å²) in [6.45, 7) is 1.95. The molecule has 3 N–H and O–H groups in total. The summed E-state index contributed by atoms with van der Waals surface area (Å²) in [5.74, 6) is 0.978. The Hall–Kier alpha value is -3.53. The fourth-order valence-electron chi connectivity index (χ4n) is 3.37. The average molecular weight is 331 g/mol. The van der Waals surface area contributed by atoms with Crippen molar-refractivity contribution in [2.24, 2.45) is 12.8 Å². The Morgan fingerprint density at radius 2 is 2.04 bits per heavy atom. The minimum atomic E-state index is -0.230. The van der Waals surface area contributed by atoms with Crippen LogP contribution in [-0.2, 0) is 7.05 Å². The van der Waals surface area contributed by atoms with E-state index in [4.69, 9.17) is 5.73 Å². The molecule has 7 nitrogen and oxygen atoms in total. The lowest BCUT2D eigenvalue weighted by Gasteiger charge is -2.26. The zero-order valence-electron chi connectivity index (χ0n) is 13.9. The third-order valence-electron chi connectivity index (χ3n) is 4.54. The number of hydrogen-bond donors (Lipinski definition) is 2. The summed E-state index contributed by atoms with van der Waals surface area (Å²) in [6, 6.07) is 10.3. The summed E-state index contributed by atoms with van der Waals surface area (Å²) in [7, 11) is 1.86. The van der Waals surface area contributed by atoms with Gasteiger partial charge in [-0.2, -0.15) is 10.4 Å². The number of allylic oxidation sites excluding steroid dienone is 1. The van der Waals surface area contributed by atoms with Crippen LogP contribution >= 0.6 is 0 Å². The second kappa shape index (κ2) is 5.53. The molecule has 124 valence electrons. The molecule has 1 unspecified atom stereocenters. The number of fused-ring (bicyclic) bond motifs is 1. The number of imidazole rings is 1. The molecule has 0 saturated heterocycles. The predicted octanol–water partition coefficient (Wildman–Crippen LogP) is 2.17. The molecular formula is C18H17N7. The van der Waals surface area contributed by atoms with Crippen LogP contribution < -0.4 is 11.1 Å². The van der Waals surface area contributed by atoms with Gasteiger partial charge in [-0.05, 0) is 24.6 Å². The van der Waals surface area contributed by atoms with Gasteiger partial charge in [0.2, 0.25) is 0 Å². The first-order valence-corrected chi connectivity index (χ1v) is 7.88. The van der Waals surface area contributed by atoms with Crippen LogP contribution in [0.15, 0.2) is 54.4 Å². The zero-order valence-corrected chi connectivity index (χ0v) is 13.9. The predicted molar refractivity (Wildman–Crippen MR) is 93.8 cm³/mol. The molecule has 1 atom stereocenters. The smallest absolute Gasteiger partial charge is 0.133 e. The van der Waals surface area contributed by atoms with Crippen LogP contribution in [0, 0.1) is 18.3 Å². The lowest BCUT2D eigenvalue weighted by Crippen LogP contribution is -2.24. The second-order valence-corrected chi connectivity index (χ2v) is 6.03. The summed E-state index contributed by atoms with van der Waals surface area (Å²) in [5, 5.41) is 17.2. The Balaban J connectivity index is 1.85. The lowest BCUT2D eigenvalue weighted by atomic mass is 9.83. The van der Waals surface area contributed by atoms with E-state index >= 15 is 0 Å². The Labute approximate surface area is 145 Å². The van der Waals surface area contributed by atoms with Crippen molar-refractivity contribution in [3.63, 3.8) is 0 Å². The van der Waals surface area contributed by atoms with Crippen molar-refractivity contribution in [1.82, 2.24) is 19.3 Å². The van der Waals surface area contributed by atoms with Crippen molar-refractivity contribution >= 4 is 5.82 Å². The third-order valence-corrected chi connectivity index (χ3v) is 4.54. The highest BCUT2D eigenvalue weighted by atomic mass is 15.3. The number of hydrogen-bond acceptors (Lipinski definition) is 5. The van der Waals surface area contributed by atoms with Gasteiger partial charge in [0, 0.05) is 30.7 Å². The van der Waals surface area contributed by atoms with Crippen molar-refractivity contribution in [1.29, 1.82) is 5.26 Å². The molecule has 1 aliphatic rings. The summed E-state index contributed by atoms with van der Waals surface area (Å²) >= 11 is 0. The van der Waals surface area contributed by atoms with Gasteiger partial charge in [-0.25, -0.2) is 4.98 Å². The van der Waals surface area contributed by atoms with Crippen molar-refractivity contribution < 1.29 is 0 Å². The van der Waals surface area contributed by atoms with Crippen LogP contribution in [0.5, 0.6) is 0 Å². The first-order valence-electron chi connectivity index (χ1n) is 7.88. The highest BCUT2D eigenvalue weighted by molar-refractivity contribution is 5.66. The maximum Gasteiger partial charge on any atom is 0.133 e. The van der Waals surface area contributed by atoms with Gasteiger partial charge in [-0.1, -0.05) is 12.1 Å². The van der Waals surface area contributed by atoms with Crippen molar-refractivity contribution in [2.75, 3.05) is 5.32 Å². The largest absolute Gasteiger partial charge is 0.384 e. The van der Waals surface area contributed by atoms with Gasteiger partial charge in [0.1, 0.15) is 11.6 Å².